The van der Waals surface area contributed by atoms with Gasteiger partial charge in [-0.3, -0.25) is 4.79 Å². The smallest absolute Gasteiger partial charge is 0.216 e. The fourth-order valence-corrected chi connectivity index (χ4v) is 1.40. The maximum Gasteiger partial charge on any atom is 0.216 e. The minimum absolute atomic E-state index is 0.0590. The lowest BCUT2D eigenvalue weighted by Gasteiger charge is -2.29. The monoisotopic (exact) mass is 309 g/mol. The Bertz CT molecular complexity index is 276. The van der Waals surface area contributed by atoms with Crippen LogP contribution in [0.15, 0.2) is 0 Å². The van der Waals surface area contributed by atoms with Gasteiger partial charge in [0.1, 0.15) is 6.17 Å². The first-order valence-electron chi connectivity index (χ1n) is 7.07. The third-order valence-electron chi connectivity index (χ3n) is 2.79. The zero-order valence-electron chi connectivity index (χ0n) is 13.4. The van der Waals surface area contributed by atoms with Crippen LogP contribution in [0.5, 0.6) is 0 Å². The van der Waals surface area contributed by atoms with Gasteiger partial charge in [0.05, 0.1) is 51.8 Å². The highest BCUT2D eigenvalue weighted by Crippen LogP contribution is 2.17. The Morgan fingerprint density at radius 1 is 1.10 bits per heavy atom. The molecule has 1 atom stereocenters. The number of alkyl halides is 1. The van der Waals surface area contributed by atoms with Crippen LogP contribution in [-0.4, -0.2) is 71.0 Å². The van der Waals surface area contributed by atoms with Crippen LogP contribution in [0.1, 0.15) is 20.8 Å². The van der Waals surface area contributed by atoms with Crippen molar-refractivity contribution in [3.63, 3.8) is 0 Å². The highest BCUT2D eigenvalue weighted by atomic mass is 19.1. The highest BCUT2D eigenvalue weighted by molar-refractivity contribution is 5.72. The lowest BCUT2D eigenvalue weighted by Crippen LogP contribution is -2.44. The van der Waals surface area contributed by atoms with Crippen molar-refractivity contribution in [2.75, 3.05) is 53.3 Å². The summed E-state index contributed by atoms with van der Waals surface area (Å²) in [5, 5.41) is 2.43. The first kappa shape index (κ1) is 20.2. The van der Waals surface area contributed by atoms with Gasteiger partial charge in [-0.15, -0.1) is 0 Å². The van der Waals surface area contributed by atoms with Gasteiger partial charge in [0.15, 0.2) is 0 Å². The van der Waals surface area contributed by atoms with E-state index in [4.69, 9.17) is 18.9 Å². The summed E-state index contributed by atoms with van der Waals surface area (Å²) < 4.78 is 34.7. The summed E-state index contributed by atoms with van der Waals surface area (Å²) in [4.78, 5) is 10.7. The molecule has 7 heteroatoms. The van der Waals surface area contributed by atoms with Crippen molar-refractivity contribution in [1.82, 2.24) is 5.32 Å². The van der Waals surface area contributed by atoms with Gasteiger partial charge < -0.3 is 24.3 Å². The van der Waals surface area contributed by atoms with Crippen LogP contribution in [-0.2, 0) is 23.7 Å². The van der Waals surface area contributed by atoms with Crippen molar-refractivity contribution in [2.45, 2.75) is 32.5 Å². The first-order valence-corrected chi connectivity index (χ1v) is 7.07. The van der Waals surface area contributed by atoms with Gasteiger partial charge in [-0.05, 0) is 13.8 Å². The number of carbonyl (C=O) groups excluding carboxylic acids is 1. The second-order valence-corrected chi connectivity index (χ2v) is 5.07. The van der Waals surface area contributed by atoms with E-state index in [1.165, 1.54) is 6.92 Å². The van der Waals surface area contributed by atoms with E-state index in [1.54, 1.807) is 21.0 Å². The Morgan fingerprint density at radius 3 is 2.14 bits per heavy atom. The molecule has 0 radical (unpaired) electrons. The molecule has 0 spiro atoms. The summed E-state index contributed by atoms with van der Waals surface area (Å²) in [6.45, 7) is 7.27. The summed E-state index contributed by atoms with van der Waals surface area (Å²) in [5.74, 6) is -0.259. The van der Waals surface area contributed by atoms with Gasteiger partial charge in [0, 0.05) is 14.0 Å². The topological polar surface area (TPSA) is 66.0 Å². The number of amides is 1. The first-order chi connectivity index (χ1) is 9.90. The van der Waals surface area contributed by atoms with Crippen molar-refractivity contribution in [3.05, 3.63) is 0 Å². The molecule has 0 aliphatic carbocycles. The number of carbonyl (C=O) groups is 1. The van der Waals surface area contributed by atoms with Crippen LogP contribution < -0.4 is 5.32 Å². The second-order valence-electron chi connectivity index (χ2n) is 5.07. The van der Waals surface area contributed by atoms with Gasteiger partial charge in [-0.1, -0.05) is 0 Å². The van der Waals surface area contributed by atoms with E-state index in [2.05, 4.69) is 5.32 Å². The molecule has 0 aromatic rings. The second kappa shape index (κ2) is 11.9. The van der Waals surface area contributed by atoms with Gasteiger partial charge in [0.2, 0.25) is 5.91 Å². The number of nitrogens with one attached hydrogen (secondary N) is 1. The molecule has 0 fully saturated rings. The molecule has 0 bridgehead atoms. The molecule has 1 unspecified atom stereocenters. The van der Waals surface area contributed by atoms with Gasteiger partial charge >= 0.3 is 0 Å². The molecule has 126 valence electrons. The summed E-state index contributed by atoms with van der Waals surface area (Å²) in [6, 6.07) is 0. The van der Waals surface area contributed by atoms with E-state index in [1.807, 2.05) is 0 Å². The molecule has 0 saturated carbocycles. The SMILES string of the molecule is COCCOCCOCCOC(C)(C)C(F)CNC(C)=O. The average molecular weight is 309 g/mol. The Morgan fingerprint density at radius 2 is 1.62 bits per heavy atom. The summed E-state index contributed by atoms with van der Waals surface area (Å²) in [5.41, 5.74) is -0.971. The zero-order chi connectivity index (χ0) is 16.1. The van der Waals surface area contributed by atoms with Crippen LogP contribution in [0.2, 0.25) is 0 Å². The minimum atomic E-state index is -1.28. The molecule has 0 saturated heterocycles. The Labute approximate surface area is 126 Å². The summed E-state index contributed by atoms with van der Waals surface area (Å²) >= 11 is 0. The lowest BCUT2D eigenvalue weighted by molar-refractivity contribution is -0.120. The van der Waals surface area contributed by atoms with Gasteiger partial charge in [-0.2, -0.15) is 0 Å². The number of ether oxygens (including phenoxy) is 4. The van der Waals surface area contributed by atoms with Crippen molar-refractivity contribution in [1.29, 1.82) is 0 Å². The largest absolute Gasteiger partial charge is 0.382 e. The van der Waals surface area contributed by atoms with E-state index in [0.29, 0.717) is 33.0 Å². The van der Waals surface area contributed by atoms with Gasteiger partial charge in [0.25, 0.3) is 0 Å². The molecular formula is C14H28FNO5. The van der Waals surface area contributed by atoms with Crippen molar-refractivity contribution < 1.29 is 28.1 Å². The average Bonchev–Trinajstić information content (AvgIpc) is 2.42. The standard InChI is InChI=1S/C14H28FNO5/c1-12(17)16-11-13(15)14(2,3)21-10-9-20-8-7-19-6-5-18-4/h13H,5-11H2,1-4H3,(H,16,17). The van der Waals surface area contributed by atoms with E-state index in [-0.39, 0.29) is 19.1 Å². The molecule has 1 N–H and O–H groups in total. The third kappa shape index (κ3) is 11.6. The predicted molar refractivity (Wildman–Crippen MR) is 77.1 cm³/mol. The third-order valence-corrected chi connectivity index (χ3v) is 2.79. The quantitative estimate of drug-likeness (QED) is 0.513. The molecule has 21 heavy (non-hydrogen) atoms. The molecule has 0 aliphatic heterocycles. The van der Waals surface area contributed by atoms with Gasteiger partial charge in [-0.25, -0.2) is 4.39 Å². The van der Waals surface area contributed by atoms with Crippen LogP contribution in [0.3, 0.4) is 0 Å². The van der Waals surface area contributed by atoms with E-state index in [9.17, 15) is 9.18 Å². The Kier molecular flexibility index (Phi) is 11.4. The number of methoxy groups -OCH3 is 1. The van der Waals surface area contributed by atoms with E-state index in [0.717, 1.165) is 0 Å². The Hall–Kier alpha value is -0.760. The molecule has 0 aliphatic rings. The van der Waals surface area contributed by atoms with E-state index < -0.39 is 11.8 Å². The molecule has 0 aromatic heterocycles. The number of halogens is 1. The normalized spacial score (nSPS) is 13.2. The molecule has 1 amide bonds. The minimum Gasteiger partial charge on any atom is -0.382 e. The molecule has 0 rings (SSSR count). The molecule has 0 aromatic carbocycles. The number of hydrogen-bond donors (Lipinski definition) is 1. The van der Waals surface area contributed by atoms with Crippen molar-refractivity contribution in [2.24, 2.45) is 0 Å². The fourth-order valence-electron chi connectivity index (χ4n) is 1.40. The maximum absolute atomic E-state index is 13.9. The number of hydrogen-bond acceptors (Lipinski definition) is 5. The zero-order valence-corrected chi connectivity index (χ0v) is 13.4. The molecule has 0 heterocycles. The fraction of sp³-hybridized carbons (Fsp3) is 0.929. The number of rotatable bonds is 13. The molecule has 6 nitrogen and oxygen atoms in total. The predicted octanol–water partition coefficient (Wildman–Crippen LogP) is 0.935. The highest BCUT2D eigenvalue weighted by Gasteiger charge is 2.30. The lowest BCUT2D eigenvalue weighted by atomic mass is 10.0. The van der Waals surface area contributed by atoms with Crippen molar-refractivity contribution in [3.8, 4) is 0 Å². The van der Waals surface area contributed by atoms with Crippen LogP contribution in [0.4, 0.5) is 4.39 Å². The summed E-state index contributed by atoms with van der Waals surface area (Å²) in [6.07, 6.45) is -1.28. The molecular weight excluding hydrogens is 281 g/mol. The maximum atomic E-state index is 13.9. The van der Waals surface area contributed by atoms with Crippen LogP contribution in [0.25, 0.3) is 0 Å². The van der Waals surface area contributed by atoms with Crippen LogP contribution in [0, 0.1) is 0 Å². The van der Waals surface area contributed by atoms with E-state index >= 15 is 0 Å². The Balaban J connectivity index is 3.58. The van der Waals surface area contributed by atoms with Crippen LogP contribution >= 0.6 is 0 Å². The van der Waals surface area contributed by atoms with Crippen molar-refractivity contribution >= 4 is 5.91 Å². The summed E-state index contributed by atoms with van der Waals surface area (Å²) in [7, 11) is 1.61.